The SMILES string of the molecule is CC1Cc2ccccc2N1c1cc(C(=O)NCc2ccccc2F)ccn1. The summed E-state index contributed by atoms with van der Waals surface area (Å²) in [5.41, 5.74) is 3.37. The number of amides is 1. The molecule has 4 nitrogen and oxygen atoms in total. The van der Waals surface area contributed by atoms with E-state index in [0.29, 0.717) is 11.1 Å². The van der Waals surface area contributed by atoms with Gasteiger partial charge in [-0.25, -0.2) is 9.37 Å². The van der Waals surface area contributed by atoms with E-state index in [1.165, 1.54) is 11.6 Å². The van der Waals surface area contributed by atoms with Crippen molar-refractivity contribution in [3.63, 3.8) is 0 Å². The van der Waals surface area contributed by atoms with Crippen molar-refractivity contribution in [3.8, 4) is 0 Å². The number of carbonyl (C=O) groups excluding carboxylic acids is 1. The van der Waals surface area contributed by atoms with E-state index in [4.69, 9.17) is 0 Å². The molecule has 3 aromatic rings. The standard InChI is InChI=1S/C22H20FN3O/c1-15-12-16-6-3-5-9-20(16)26(15)21-13-17(10-11-24-21)22(27)25-14-18-7-2-4-8-19(18)23/h2-11,13,15H,12,14H2,1H3,(H,25,27). The van der Waals surface area contributed by atoms with E-state index >= 15 is 0 Å². The molecule has 27 heavy (non-hydrogen) atoms. The molecule has 1 N–H and O–H groups in total. The molecule has 0 saturated carbocycles. The van der Waals surface area contributed by atoms with Gasteiger partial charge in [0.2, 0.25) is 0 Å². The minimum absolute atomic E-state index is 0.145. The Balaban J connectivity index is 1.54. The molecule has 1 aliphatic heterocycles. The van der Waals surface area contributed by atoms with Gasteiger partial charge in [0.15, 0.2) is 0 Å². The molecule has 1 atom stereocenters. The van der Waals surface area contributed by atoms with E-state index in [9.17, 15) is 9.18 Å². The summed E-state index contributed by atoms with van der Waals surface area (Å²) in [7, 11) is 0. The fourth-order valence-electron chi connectivity index (χ4n) is 3.53. The van der Waals surface area contributed by atoms with Gasteiger partial charge in [0, 0.05) is 35.6 Å². The van der Waals surface area contributed by atoms with Gasteiger partial charge in [0.25, 0.3) is 5.91 Å². The van der Waals surface area contributed by atoms with Crippen LogP contribution in [0.25, 0.3) is 0 Å². The molecule has 2 heterocycles. The minimum Gasteiger partial charge on any atom is -0.348 e. The zero-order chi connectivity index (χ0) is 18.8. The Bertz CT molecular complexity index is 989. The second-order valence-corrected chi connectivity index (χ2v) is 6.73. The van der Waals surface area contributed by atoms with Crippen LogP contribution in [0.1, 0.15) is 28.4 Å². The maximum absolute atomic E-state index is 13.7. The summed E-state index contributed by atoms with van der Waals surface area (Å²) in [6, 6.07) is 18.4. The first kappa shape index (κ1) is 17.2. The maximum atomic E-state index is 13.7. The third kappa shape index (κ3) is 3.40. The number of para-hydroxylation sites is 1. The van der Waals surface area contributed by atoms with Gasteiger partial charge in [-0.3, -0.25) is 4.79 Å². The van der Waals surface area contributed by atoms with Crippen LogP contribution in [0.15, 0.2) is 66.9 Å². The topological polar surface area (TPSA) is 45.2 Å². The van der Waals surface area contributed by atoms with Gasteiger partial charge in [0.1, 0.15) is 11.6 Å². The maximum Gasteiger partial charge on any atom is 0.251 e. The number of anilines is 2. The van der Waals surface area contributed by atoms with Crippen molar-refractivity contribution in [2.24, 2.45) is 0 Å². The predicted octanol–water partition coefficient (Wildman–Crippen LogP) is 4.23. The van der Waals surface area contributed by atoms with Crippen LogP contribution >= 0.6 is 0 Å². The lowest BCUT2D eigenvalue weighted by Crippen LogP contribution is -2.26. The molecule has 0 aliphatic carbocycles. The molecule has 4 rings (SSSR count). The first-order chi connectivity index (χ1) is 13.1. The molecule has 2 aromatic carbocycles. The number of hydrogen-bond acceptors (Lipinski definition) is 3. The summed E-state index contributed by atoms with van der Waals surface area (Å²) in [5.74, 6) is 0.170. The molecule has 1 unspecified atom stereocenters. The molecular weight excluding hydrogens is 341 g/mol. The van der Waals surface area contributed by atoms with Gasteiger partial charge in [-0.15, -0.1) is 0 Å². The molecule has 1 aromatic heterocycles. The summed E-state index contributed by atoms with van der Waals surface area (Å²) < 4.78 is 13.7. The molecular formula is C22H20FN3O. The number of halogens is 1. The van der Waals surface area contributed by atoms with Crippen LogP contribution in [-0.4, -0.2) is 16.9 Å². The molecule has 5 heteroatoms. The lowest BCUT2D eigenvalue weighted by Gasteiger charge is -2.24. The van der Waals surface area contributed by atoms with E-state index < -0.39 is 0 Å². The van der Waals surface area contributed by atoms with Crippen LogP contribution in [0.5, 0.6) is 0 Å². The highest BCUT2D eigenvalue weighted by Crippen LogP contribution is 2.37. The Labute approximate surface area is 157 Å². The number of carbonyl (C=O) groups is 1. The Morgan fingerprint density at radius 1 is 1.19 bits per heavy atom. The summed E-state index contributed by atoms with van der Waals surface area (Å²) in [6.45, 7) is 2.29. The fourth-order valence-corrected chi connectivity index (χ4v) is 3.53. The van der Waals surface area contributed by atoms with Crippen LogP contribution in [-0.2, 0) is 13.0 Å². The van der Waals surface area contributed by atoms with Crippen LogP contribution < -0.4 is 10.2 Å². The van der Waals surface area contributed by atoms with Gasteiger partial charge in [-0.05, 0) is 43.2 Å². The van der Waals surface area contributed by atoms with E-state index in [0.717, 1.165) is 17.9 Å². The number of aromatic nitrogens is 1. The zero-order valence-corrected chi connectivity index (χ0v) is 15.0. The van der Waals surface area contributed by atoms with Crippen molar-refractivity contribution in [2.75, 3.05) is 4.90 Å². The molecule has 0 radical (unpaired) electrons. The van der Waals surface area contributed by atoms with E-state index in [1.807, 2.05) is 12.1 Å². The highest BCUT2D eigenvalue weighted by molar-refractivity contribution is 5.95. The van der Waals surface area contributed by atoms with E-state index in [-0.39, 0.29) is 24.3 Å². The van der Waals surface area contributed by atoms with Gasteiger partial charge >= 0.3 is 0 Å². The van der Waals surface area contributed by atoms with Crippen LogP contribution in [0.3, 0.4) is 0 Å². The van der Waals surface area contributed by atoms with Gasteiger partial charge in [0.05, 0.1) is 0 Å². The number of nitrogens with zero attached hydrogens (tertiary/aromatic N) is 2. The van der Waals surface area contributed by atoms with E-state index in [1.54, 1.807) is 36.5 Å². The highest BCUT2D eigenvalue weighted by Gasteiger charge is 2.28. The lowest BCUT2D eigenvalue weighted by atomic mass is 10.1. The van der Waals surface area contributed by atoms with Crippen LogP contribution in [0.4, 0.5) is 15.9 Å². The second kappa shape index (κ2) is 7.19. The second-order valence-electron chi connectivity index (χ2n) is 6.73. The first-order valence-electron chi connectivity index (χ1n) is 8.98. The van der Waals surface area contributed by atoms with Crippen molar-refractivity contribution in [1.29, 1.82) is 0 Å². The molecule has 1 aliphatic rings. The predicted molar refractivity (Wildman–Crippen MR) is 104 cm³/mol. The molecule has 0 fully saturated rings. The number of hydrogen-bond donors (Lipinski definition) is 1. The summed E-state index contributed by atoms with van der Waals surface area (Å²) in [5, 5.41) is 2.78. The average Bonchev–Trinajstić information content (AvgIpc) is 3.03. The molecule has 0 spiro atoms. The lowest BCUT2D eigenvalue weighted by molar-refractivity contribution is 0.0950. The average molecular weight is 361 g/mol. The highest BCUT2D eigenvalue weighted by atomic mass is 19.1. The van der Waals surface area contributed by atoms with Gasteiger partial charge < -0.3 is 10.2 Å². The number of nitrogens with one attached hydrogen (secondary N) is 1. The van der Waals surface area contributed by atoms with E-state index in [2.05, 4.69) is 34.3 Å². The molecule has 136 valence electrons. The smallest absolute Gasteiger partial charge is 0.251 e. The monoisotopic (exact) mass is 361 g/mol. The fraction of sp³-hybridized carbons (Fsp3) is 0.182. The van der Waals surface area contributed by atoms with Crippen LogP contribution in [0, 0.1) is 5.82 Å². The summed E-state index contributed by atoms with van der Waals surface area (Å²) in [6.07, 6.45) is 2.59. The number of fused-ring (bicyclic) bond motifs is 1. The van der Waals surface area contributed by atoms with Gasteiger partial charge in [-0.1, -0.05) is 36.4 Å². The molecule has 0 saturated heterocycles. The van der Waals surface area contributed by atoms with Crippen molar-refractivity contribution in [1.82, 2.24) is 10.3 Å². The van der Waals surface area contributed by atoms with Crippen molar-refractivity contribution in [2.45, 2.75) is 25.9 Å². The van der Waals surface area contributed by atoms with Crippen molar-refractivity contribution < 1.29 is 9.18 Å². The van der Waals surface area contributed by atoms with Crippen LogP contribution in [0.2, 0.25) is 0 Å². The number of benzene rings is 2. The normalized spacial score (nSPS) is 15.5. The van der Waals surface area contributed by atoms with Crippen molar-refractivity contribution in [3.05, 3.63) is 89.4 Å². The Kier molecular flexibility index (Phi) is 4.59. The largest absolute Gasteiger partial charge is 0.348 e. The minimum atomic E-state index is -0.323. The Hall–Kier alpha value is -3.21. The zero-order valence-electron chi connectivity index (χ0n) is 15.0. The summed E-state index contributed by atoms with van der Waals surface area (Å²) >= 11 is 0. The third-order valence-electron chi connectivity index (χ3n) is 4.86. The number of pyridine rings is 1. The first-order valence-corrected chi connectivity index (χ1v) is 8.98. The Morgan fingerprint density at radius 3 is 2.81 bits per heavy atom. The number of rotatable bonds is 4. The third-order valence-corrected chi connectivity index (χ3v) is 4.86. The Morgan fingerprint density at radius 2 is 1.96 bits per heavy atom. The quantitative estimate of drug-likeness (QED) is 0.756. The molecule has 0 bridgehead atoms. The van der Waals surface area contributed by atoms with Gasteiger partial charge in [-0.2, -0.15) is 0 Å². The summed E-state index contributed by atoms with van der Waals surface area (Å²) in [4.78, 5) is 19.2. The molecule has 1 amide bonds. The van der Waals surface area contributed by atoms with Crippen molar-refractivity contribution >= 4 is 17.4 Å².